The first kappa shape index (κ1) is 13.0. The van der Waals surface area contributed by atoms with E-state index in [1.807, 2.05) is 0 Å². The van der Waals surface area contributed by atoms with Crippen LogP contribution in [0.5, 0.6) is 0 Å². The van der Waals surface area contributed by atoms with Crippen LogP contribution in [0, 0.1) is 5.82 Å². The second-order valence-electron chi connectivity index (χ2n) is 4.15. The van der Waals surface area contributed by atoms with Crippen molar-refractivity contribution < 1.29 is 13.2 Å². The highest BCUT2D eigenvalue weighted by Gasteiger charge is 2.35. The minimum Gasteiger partial charge on any atom is -0.344 e. The molecule has 1 nitrogen and oxygen atoms in total. The van der Waals surface area contributed by atoms with E-state index in [0.717, 1.165) is 0 Å². The van der Waals surface area contributed by atoms with Crippen molar-refractivity contribution in [2.75, 3.05) is 0 Å². The van der Waals surface area contributed by atoms with Gasteiger partial charge in [0, 0.05) is 12.8 Å². The lowest BCUT2D eigenvalue weighted by Gasteiger charge is -2.28. The van der Waals surface area contributed by atoms with Gasteiger partial charge in [-0.1, -0.05) is 18.2 Å². The third kappa shape index (κ3) is 2.76. The van der Waals surface area contributed by atoms with Crippen LogP contribution in [-0.2, 0) is 0 Å². The Kier molecular flexibility index (Phi) is 3.97. The van der Waals surface area contributed by atoms with Crippen LogP contribution in [0.2, 0.25) is 0 Å². The summed E-state index contributed by atoms with van der Waals surface area (Å²) in [5, 5.41) is 0. The number of benzene rings is 1. The Labute approximate surface area is 93.2 Å². The van der Waals surface area contributed by atoms with Crippen LogP contribution in [0.4, 0.5) is 13.2 Å². The highest BCUT2D eigenvalue weighted by Crippen LogP contribution is 2.41. The van der Waals surface area contributed by atoms with Gasteiger partial charge in [-0.25, -0.2) is 13.2 Å². The molecule has 1 aromatic carbocycles. The maximum absolute atomic E-state index is 13.4. The molecule has 0 atom stereocenters. The number of alkyl halides is 2. The van der Waals surface area contributed by atoms with E-state index >= 15 is 0 Å². The van der Waals surface area contributed by atoms with E-state index in [0.29, 0.717) is 18.4 Å². The van der Waals surface area contributed by atoms with E-state index in [1.54, 1.807) is 18.2 Å². The lowest BCUT2D eigenvalue weighted by molar-refractivity contribution is -0.0384. The van der Waals surface area contributed by atoms with E-state index in [-0.39, 0.29) is 30.7 Å². The Morgan fingerprint density at radius 1 is 1.06 bits per heavy atom. The highest BCUT2D eigenvalue weighted by molar-refractivity contribution is 5.22. The number of hydrogen-bond donors (Lipinski definition) is 1. The van der Waals surface area contributed by atoms with Crippen LogP contribution in [-0.4, -0.2) is 5.92 Å². The molecule has 1 saturated carbocycles. The van der Waals surface area contributed by atoms with E-state index in [1.165, 1.54) is 6.07 Å². The summed E-state index contributed by atoms with van der Waals surface area (Å²) in [7, 11) is 0. The van der Waals surface area contributed by atoms with Crippen LogP contribution in [0.25, 0.3) is 0 Å². The summed E-state index contributed by atoms with van der Waals surface area (Å²) in [5.41, 5.74) is 0.591. The Hall–Kier alpha value is -1.03. The zero-order chi connectivity index (χ0) is 10.9. The average molecular weight is 231 g/mol. The van der Waals surface area contributed by atoms with E-state index in [2.05, 4.69) is 0 Å². The van der Waals surface area contributed by atoms with Gasteiger partial charge in [0.15, 0.2) is 0 Å². The molecule has 0 aliphatic heterocycles. The molecule has 1 aliphatic rings. The third-order valence-corrected chi connectivity index (χ3v) is 3.06. The van der Waals surface area contributed by atoms with Gasteiger partial charge in [0.05, 0.1) is 0 Å². The first-order valence-electron chi connectivity index (χ1n) is 5.21. The molecule has 0 spiro atoms. The molecule has 1 fully saturated rings. The van der Waals surface area contributed by atoms with E-state index in [9.17, 15) is 13.2 Å². The molecule has 90 valence electrons. The summed E-state index contributed by atoms with van der Waals surface area (Å²) < 4.78 is 39.2. The summed E-state index contributed by atoms with van der Waals surface area (Å²) >= 11 is 0. The molecule has 2 rings (SSSR count). The molecule has 4 heteroatoms. The maximum atomic E-state index is 13.4. The highest BCUT2D eigenvalue weighted by atomic mass is 19.3. The van der Waals surface area contributed by atoms with Crippen molar-refractivity contribution in [3.05, 3.63) is 35.6 Å². The SMILES string of the molecule is Fc1ccccc1C1CCC(F)(F)CC1.N. The first-order chi connectivity index (χ1) is 7.08. The standard InChI is InChI=1S/C12H13F3.H3N/c13-11-4-2-1-3-10(11)9-5-7-12(14,15)8-6-9;/h1-4,9H,5-8H2;1H3. The molecular weight excluding hydrogens is 215 g/mol. The zero-order valence-electron chi connectivity index (χ0n) is 9.06. The van der Waals surface area contributed by atoms with Crippen molar-refractivity contribution in [3.63, 3.8) is 0 Å². The quantitative estimate of drug-likeness (QED) is 0.769. The lowest BCUT2D eigenvalue weighted by Crippen LogP contribution is -2.24. The van der Waals surface area contributed by atoms with Crippen LogP contribution in [0.3, 0.4) is 0 Å². The first-order valence-corrected chi connectivity index (χ1v) is 5.21. The molecule has 0 amide bonds. The Morgan fingerprint density at radius 3 is 2.19 bits per heavy atom. The van der Waals surface area contributed by atoms with Crippen molar-refractivity contribution in [3.8, 4) is 0 Å². The lowest BCUT2D eigenvalue weighted by atomic mass is 9.82. The fourth-order valence-corrected chi connectivity index (χ4v) is 2.16. The van der Waals surface area contributed by atoms with Gasteiger partial charge in [0.2, 0.25) is 5.92 Å². The fourth-order valence-electron chi connectivity index (χ4n) is 2.16. The predicted molar refractivity (Wildman–Crippen MR) is 57.6 cm³/mol. The van der Waals surface area contributed by atoms with Gasteiger partial charge in [-0.05, 0) is 30.4 Å². The monoisotopic (exact) mass is 231 g/mol. The summed E-state index contributed by atoms with van der Waals surface area (Å²) in [6, 6.07) is 6.47. The minimum atomic E-state index is -2.54. The van der Waals surface area contributed by atoms with Crippen molar-refractivity contribution in [1.82, 2.24) is 6.15 Å². The van der Waals surface area contributed by atoms with Gasteiger partial charge in [-0.2, -0.15) is 0 Å². The molecule has 0 unspecified atom stereocenters. The van der Waals surface area contributed by atoms with Gasteiger partial charge in [0.1, 0.15) is 5.82 Å². The Balaban J connectivity index is 0.00000128. The van der Waals surface area contributed by atoms with Gasteiger partial charge in [0.25, 0.3) is 0 Å². The largest absolute Gasteiger partial charge is 0.344 e. The average Bonchev–Trinajstić information content (AvgIpc) is 2.19. The van der Waals surface area contributed by atoms with Crippen LogP contribution < -0.4 is 6.15 Å². The normalized spacial score (nSPS) is 20.2. The van der Waals surface area contributed by atoms with Gasteiger partial charge in [-0.15, -0.1) is 0 Å². The molecule has 1 aliphatic carbocycles. The van der Waals surface area contributed by atoms with Crippen molar-refractivity contribution in [2.24, 2.45) is 0 Å². The maximum Gasteiger partial charge on any atom is 0.248 e. The van der Waals surface area contributed by atoms with Crippen molar-refractivity contribution >= 4 is 0 Å². The number of hydrogen-bond acceptors (Lipinski definition) is 1. The molecule has 0 saturated heterocycles. The Bertz CT molecular complexity index is 342. The molecule has 16 heavy (non-hydrogen) atoms. The minimum absolute atomic E-state index is 0. The molecule has 0 heterocycles. The van der Waals surface area contributed by atoms with Crippen LogP contribution in [0.1, 0.15) is 37.2 Å². The number of rotatable bonds is 1. The van der Waals surface area contributed by atoms with Gasteiger partial charge in [-0.3, -0.25) is 0 Å². The summed E-state index contributed by atoms with van der Waals surface area (Å²) in [5.74, 6) is -2.85. The zero-order valence-corrected chi connectivity index (χ0v) is 9.06. The van der Waals surface area contributed by atoms with Gasteiger partial charge < -0.3 is 6.15 Å². The molecular formula is C12H16F3N. The van der Waals surface area contributed by atoms with Crippen LogP contribution in [0.15, 0.2) is 24.3 Å². The molecule has 1 aromatic rings. The third-order valence-electron chi connectivity index (χ3n) is 3.06. The van der Waals surface area contributed by atoms with E-state index < -0.39 is 5.92 Å². The summed E-state index contributed by atoms with van der Waals surface area (Å²) in [6.45, 7) is 0. The topological polar surface area (TPSA) is 35.0 Å². The molecule has 0 aromatic heterocycles. The number of halogens is 3. The smallest absolute Gasteiger partial charge is 0.248 e. The molecule has 3 N–H and O–H groups in total. The molecule has 0 radical (unpaired) electrons. The predicted octanol–water partition coefficient (Wildman–Crippen LogP) is 4.28. The van der Waals surface area contributed by atoms with Crippen LogP contribution >= 0.6 is 0 Å². The van der Waals surface area contributed by atoms with E-state index in [4.69, 9.17) is 0 Å². The van der Waals surface area contributed by atoms with Crippen molar-refractivity contribution in [2.45, 2.75) is 37.5 Å². The second-order valence-corrected chi connectivity index (χ2v) is 4.15. The van der Waals surface area contributed by atoms with Crippen molar-refractivity contribution in [1.29, 1.82) is 0 Å². The Morgan fingerprint density at radius 2 is 1.62 bits per heavy atom. The van der Waals surface area contributed by atoms with Gasteiger partial charge >= 0.3 is 0 Å². The molecule has 0 bridgehead atoms. The summed E-state index contributed by atoms with van der Waals surface area (Å²) in [4.78, 5) is 0. The fraction of sp³-hybridized carbons (Fsp3) is 0.500. The summed E-state index contributed by atoms with van der Waals surface area (Å²) in [6.07, 6.45) is 0.528. The second kappa shape index (κ2) is 4.87.